The predicted octanol–water partition coefficient (Wildman–Crippen LogP) is 0.954. The number of carbonyl (C=O) groups excluding carboxylic acids is 1. The number of carboxylic acids is 1. The van der Waals surface area contributed by atoms with Crippen molar-refractivity contribution in [1.29, 1.82) is 0 Å². The molecule has 1 aromatic rings. The molecule has 0 unspecified atom stereocenters. The van der Waals surface area contributed by atoms with Gasteiger partial charge in [0, 0.05) is 6.04 Å². The van der Waals surface area contributed by atoms with E-state index in [0.29, 0.717) is 11.1 Å². The molecule has 1 aliphatic carbocycles. The Hall–Kier alpha value is -1.93. The minimum absolute atomic E-state index is 0.0341. The van der Waals surface area contributed by atoms with E-state index in [9.17, 15) is 23.1 Å². The van der Waals surface area contributed by atoms with Gasteiger partial charge in [-0.1, -0.05) is 0 Å². The number of amides is 1. The molecule has 0 radical (unpaired) electrons. The van der Waals surface area contributed by atoms with Crippen molar-refractivity contribution >= 4 is 21.9 Å². The van der Waals surface area contributed by atoms with E-state index >= 15 is 0 Å². The minimum Gasteiger partial charge on any atom is -0.478 e. The van der Waals surface area contributed by atoms with Crippen LogP contribution in [0.5, 0.6) is 0 Å². The smallest absolute Gasteiger partial charge is 0.336 e. The summed E-state index contributed by atoms with van der Waals surface area (Å²) >= 11 is 0. The molecule has 0 aromatic heterocycles. The molecule has 1 amide bonds. The van der Waals surface area contributed by atoms with Crippen LogP contribution in [0.15, 0.2) is 17.0 Å². The monoisotopic (exact) mass is 338 g/mol. The van der Waals surface area contributed by atoms with Gasteiger partial charge < -0.3 is 10.0 Å². The van der Waals surface area contributed by atoms with E-state index in [1.54, 1.807) is 18.7 Å². The van der Waals surface area contributed by atoms with Gasteiger partial charge in [0.1, 0.15) is 0 Å². The van der Waals surface area contributed by atoms with Gasteiger partial charge in [-0.25, -0.2) is 13.2 Å². The maximum absolute atomic E-state index is 12.8. The van der Waals surface area contributed by atoms with Crippen LogP contribution in [0.2, 0.25) is 0 Å². The molecule has 1 saturated carbocycles. The molecule has 0 bridgehead atoms. The zero-order chi connectivity index (χ0) is 16.9. The summed E-state index contributed by atoms with van der Waals surface area (Å²) in [6.45, 7) is 3.17. The lowest BCUT2D eigenvalue weighted by Crippen LogP contribution is -2.32. The molecule has 3 rings (SSSR count). The van der Waals surface area contributed by atoms with Crippen molar-refractivity contribution in [2.45, 2.75) is 37.6 Å². The van der Waals surface area contributed by atoms with Gasteiger partial charge in [-0.2, -0.15) is 4.31 Å². The zero-order valence-corrected chi connectivity index (χ0v) is 13.8. The Morgan fingerprint density at radius 1 is 1.26 bits per heavy atom. The van der Waals surface area contributed by atoms with Crippen molar-refractivity contribution in [1.82, 2.24) is 9.21 Å². The van der Waals surface area contributed by atoms with Crippen molar-refractivity contribution in [3.05, 3.63) is 28.8 Å². The Morgan fingerprint density at radius 2 is 1.91 bits per heavy atom. The van der Waals surface area contributed by atoms with Gasteiger partial charge in [0.05, 0.1) is 23.7 Å². The summed E-state index contributed by atoms with van der Waals surface area (Å²) in [5.74, 6) is -1.36. The lowest BCUT2D eigenvalue weighted by atomic mass is 10.0. The molecule has 124 valence electrons. The van der Waals surface area contributed by atoms with E-state index in [4.69, 9.17) is 0 Å². The largest absolute Gasteiger partial charge is 0.478 e. The van der Waals surface area contributed by atoms with Gasteiger partial charge in [-0.05, 0) is 49.9 Å². The highest BCUT2D eigenvalue weighted by Gasteiger charge is 2.42. The van der Waals surface area contributed by atoms with Crippen molar-refractivity contribution in [2.75, 3.05) is 13.2 Å². The fourth-order valence-electron chi connectivity index (χ4n) is 2.75. The van der Waals surface area contributed by atoms with E-state index in [1.165, 1.54) is 12.1 Å². The molecule has 1 aliphatic heterocycles. The molecule has 0 spiro atoms. The van der Waals surface area contributed by atoms with Gasteiger partial charge in [0.15, 0.2) is 0 Å². The average molecular weight is 338 g/mol. The fraction of sp³-hybridized carbons (Fsp3) is 0.467. The summed E-state index contributed by atoms with van der Waals surface area (Å²) in [6.07, 6.45) is 1.82. The highest BCUT2D eigenvalue weighted by atomic mass is 32.2. The molecular formula is C15H18N2O5S. The first-order valence-electron chi connectivity index (χ1n) is 7.36. The van der Waals surface area contributed by atoms with Gasteiger partial charge in [-0.15, -0.1) is 0 Å². The Kier molecular flexibility index (Phi) is 3.68. The molecular weight excluding hydrogens is 320 g/mol. The summed E-state index contributed by atoms with van der Waals surface area (Å²) in [4.78, 5) is 24.8. The van der Waals surface area contributed by atoms with Crippen LogP contribution in [0.3, 0.4) is 0 Å². The highest BCUT2D eigenvalue weighted by molar-refractivity contribution is 7.89. The first-order valence-corrected chi connectivity index (χ1v) is 8.80. The van der Waals surface area contributed by atoms with Gasteiger partial charge in [-0.3, -0.25) is 4.79 Å². The number of hydrogen-bond donors (Lipinski definition) is 1. The molecule has 1 saturated heterocycles. The first-order chi connectivity index (χ1) is 10.7. The number of carboxylic acid groups (broad SMARTS) is 1. The van der Waals surface area contributed by atoms with Crippen LogP contribution in [-0.2, 0) is 14.8 Å². The number of aromatic carboxylic acids is 1. The van der Waals surface area contributed by atoms with E-state index in [1.807, 2.05) is 0 Å². The SMILES string of the molecule is Cc1cc(S(=O)(=O)N2CC(=O)N(C3CC3)C2)cc(C(=O)O)c1C. The maximum Gasteiger partial charge on any atom is 0.336 e. The molecule has 2 aliphatic rings. The van der Waals surface area contributed by atoms with Crippen LogP contribution < -0.4 is 0 Å². The minimum atomic E-state index is -3.90. The first kappa shape index (κ1) is 15.9. The van der Waals surface area contributed by atoms with Crippen molar-refractivity contribution < 1.29 is 23.1 Å². The molecule has 1 heterocycles. The summed E-state index contributed by atoms with van der Waals surface area (Å²) in [7, 11) is -3.90. The van der Waals surface area contributed by atoms with Crippen molar-refractivity contribution in [3.8, 4) is 0 Å². The Morgan fingerprint density at radius 3 is 2.48 bits per heavy atom. The molecule has 23 heavy (non-hydrogen) atoms. The number of sulfonamides is 1. The van der Waals surface area contributed by atoms with Crippen LogP contribution in [0, 0.1) is 13.8 Å². The third kappa shape index (κ3) is 2.72. The fourth-order valence-corrected chi connectivity index (χ4v) is 4.20. The topological polar surface area (TPSA) is 95.0 Å². The summed E-state index contributed by atoms with van der Waals surface area (Å²) in [5, 5.41) is 9.24. The third-order valence-electron chi connectivity index (χ3n) is 4.44. The second-order valence-corrected chi connectivity index (χ2v) is 8.01. The Balaban J connectivity index is 1.97. The predicted molar refractivity (Wildman–Crippen MR) is 81.5 cm³/mol. The molecule has 7 nitrogen and oxygen atoms in total. The second-order valence-electron chi connectivity index (χ2n) is 6.07. The molecule has 0 atom stereocenters. The van der Waals surface area contributed by atoms with Gasteiger partial charge in [0.2, 0.25) is 15.9 Å². The third-order valence-corrected chi connectivity index (χ3v) is 6.19. The number of benzene rings is 1. The second kappa shape index (κ2) is 5.31. The number of aryl methyl sites for hydroxylation is 1. The van der Waals surface area contributed by atoms with E-state index in [0.717, 1.165) is 17.1 Å². The lowest BCUT2D eigenvalue weighted by Gasteiger charge is -2.18. The van der Waals surface area contributed by atoms with E-state index in [-0.39, 0.29) is 35.6 Å². The summed E-state index contributed by atoms with van der Waals surface area (Å²) < 4.78 is 26.6. The van der Waals surface area contributed by atoms with Gasteiger partial charge in [0.25, 0.3) is 0 Å². The summed E-state index contributed by atoms with van der Waals surface area (Å²) in [5.41, 5.74) is 1.09. The van der Waals surface area contributed by atoms with Gasteiger partial charge >= 0.3 is 5.97 Å². The van der Waals surface area contributed by atoms with Crippen LogP contribution >= 0.6 is 0 Å². The van der Waals surface area contributed by atoms with Crippen molar-refractivity contribution in [2.24, 2.45) is 0 Å². The quantitative estimate of drug-likeness (QED) is 0.882. The standard InChI is InChI=1S/C15H18N2O5S/c1-9-5-12(6-13(10(9)2)15(19)20)23(21,22)16-7-14(18)17(8-16)11-3-4-11/h5-6,11H,3-4,7-8H2,1-2H3,(H,19,20). The molecule has 8 heteroatoms. The number of hydrogen-bond acceptors (Lipinski definition) is 4. The van der Waals surface area contributed by atoms with Crippen LogP contribution in [0.1, 0.15) is 34.3 Å². The Labute approximate surface area is 134 Å². The normalized spacial score (nSPS) is 19.4. The van der Waals surface area contributed by atoms with Crippen molar-refractivity contribution in [3.63, 3.8) is 0 Å². The van der Waals surface area contributed by atoms with E-state index < -0.39 is 16.0 Å². The van der Waals surface area contributed by atoms with Crippen LogP contribution in [-0.4, -0.2) is 53.9 Å². The number of carbonyl (C=O) groups is 2. The summed E-state index contributed by atoms with van der Waals surface area (Å²) in [6, 6.07) is 2.78. The molecule has 1 N–H and O–H groups in total. The van der Waals surface area contributed by atoms with E-state index in [2.05, 4.69) is 0 Å². The number of rotatable bonds is 4. The maximum atomic E-state index is 12.8. The lowest BCUT2D eigenvalue weighted by molar-refractivity contribution is -0.127. The Bertz CT molecular complexity index is 798. The molecule has 2 fully saturated rings. The van der Waals surface area contributed by atoms with Crippen LogP contribution in [0.25, 0.3) is 0 Å². The average Bonchev–Trinajstić information content (AvgIpc) is 3.23. The number of nitrogens with zero attached hydrogens (tertiary/aromatic N) is 2. The molecule has 1 aromatic carbocycles. The van der Waals surface area contributed by atoms with Crippen LogP contribution in [0.4, 0.5) is 0 Å². The highest BCUT2D eigenvalue weighted by Crippen LogP contribution is 2.32. The zero-order valence-electron chi connectivity index (χ0n) is 12.9.